The molecule has 1 aromatic carbocycles. The van der Waals surface area contributed by atoms with Gasteiger partial charge < -0.3 is 15.3 Å². The van der Waals surface area contributed by atoms with Crippen LogP contribution in [0.15, 0.2) is 30.3 Å². The second kappa shape index (κ2) is 5.68. The standard InChI is InChI=1S/C13H18N2O2/c16-10-12-7-4-8-15(12)13(17)9-14-11-5-2-1-3-6-11/h1-3,5-6,12,14,16H,4,7-10H2/t12-/m1/s1. The number of para-hydroxylation sites is 1. The van der Waals surface area contributed by atoms with Gasteiger partial charge in [0.1, 0.15) is 0 Å². The Morgan fingerprint density at radius 1 is 1.41 bits per heavy atom. The van der Waals surface area contributed by atoms with Crippen LogP contribution >= 0.6 is 0 Å². The van der Waals surface area contributed by atoms with Crippen LogP contribution < -0.4 is 5.32 Å². The zero-order chi connectivity index (χ0) is 12.1. The van der Waals surface area contributed by atoms with E-state index in [0.29, 0.717) is 6.54 Å². The maximum absolute atomic E-state index is 11.9. The van der Waals surface area contributed by atoms with Crippen molar-refractivity contribution in [3.63, 3.8) is 0 Å². The summed E-state index contributed by atoms with van der Waals surface area (Å²) in [6, 6.07) is 9.68. The summed E-state index contributed by atoms with van der Waals surface area (Å²) < 4.78 is 0. The zero-order valence-electron chi connectivity index (χ0n) is 9.80. The molecule has 0 spiro atoms. The lowest BCUT2D eigenvalue weighted by atomic mass is 10.2. The van der Waals surface area contributed by atoms with Crippen LogP contribution in [0.1, 0.15) is 12.8 Å². The Balaban J connectivity index is 1.85. The van der Waals surface area contributed by atoms with E-state index in [1.165, 1.54) is 0 Å². The Bertz CT molecular complexity index is 367. The van der Waals surface area contributed by atoms with E-state index in [9.17, 15) is 4.79 Å². The van der Waals surface area contributed by atoms with E-state index in [-0.39, 0.29) is 18.6 Å². The van der Waals surface area contributed by atoms with Crippen molar-refractivity contribution < 1.29 is 9.90 Å². The third-order valence-corrected chi connectivity index (χ3v) is 3.13. The van der Waals surface area contributed by atoms with Gasteiger partial charge in [-0.1, -0.05) is 18.2 Å². The minimum Gasteiger partial charge on any atom is -0.394 e. The molecule has 1 heterocycles. The molecule has 1 fully saturated rings. The number of benzene rings is 1. The van der Waals surface area contributed by atoms with E-state index in [0.717, 1.165) is 25.1 Å². The van der Waals surface area contributed by atoms with E-state index < -0.39 is 0 Å². The molecule has 2 N–H and O–H groups in total. The highest BCUT2D eigenvalue weighted by Gasteiger charge is 2.27. The smallest absolute Gasteiger partial charge is 0.242 e. The molecular formula is C13H18N2O2. The van der Waals surface area contributed by atoms with E-state index in [4.69, 9.17) is 5.11 Å². The van der Waals surface area contributed by atoms with E-state index >= 15 is 0 Å². The number of anilines is 1. The first kappa shape index (κ1) is 11.9. The van der Waals surface area contributed by atoms with Gasteiger partial charge in [-0.3, -0.25) is 4.79 Å². The summed E-state index contributed by atoms with van der Waals surface area (Å²) in [6.45, 7) is 1.12. The average molecular weight is 234 g/mol. The fraction of sp³-hybridized carbons (Fsp3) is 0.462. The number of nitrogens with zero attached hydrogens (tertiary/aromatic N) is 1. The van der Waals surface area contributed by atoms with Crippen LogP contribution in [0.3, 0.4) is 0 Å². The third kappa shape index (κ3) is 2.97. The first-order valence-electron chi connectivity index (χ1n) is 6.00. The third-order valence-electron chi connectivity index (χ3n) is 3.13. The number of rotatable bonds is 4. The second-order valence-electron chi connectivity index (χ2n) is 4.29. The van der Waals surface area contributed by atoms with E-state index in [1.807, 2.05) is 30.3 Å². The van der Waals surface area contributed by atoms with Crippen LogP contribution in [-0.4, -0.2) is 41.7 Å². The first-order chi connectivity index (χ1) is 8.31. The van der Waals surface area contributed by atoms with Gasteiger partial charge in [0.05, 0.1) is 19.2 Å². The SMILES string of the molecule is O=C(CNc1ccccc1)N1CCC[C@@H]1CO. The number of nitrogens with one attached hydrogen (secondary N) is 1. The summed E-state index contributed by atoms with van der Waals surface area (Å²) in [4.78, 5) is 13.7. The normalized spacial score (nSPS) is 19.4. The number of hydrogen-bond acceptors (Lipinski definition) is 3. The molecule has 0 unspecified atom stereocenters. The van der Waals surface area contributed by atoms with Crippen LogP contribution in [-0.2, 0) is 4.79 Å². The highest BCUT2D eigenvalue weighted by atomic mass is 16.3. The molecule has 1 saturated heterocycles. The van der Waals surface area contributed by atoms with E-state index in [2.05, 4.69) is 5.32 Å². The van der Waals surface area contributed by atoms with Gasteiger partial charge in [-0.15, -0.1) is 0 Å². The molecule has 1 atom stereocenters. The molecule has 17 heavy (non-hydrogen) atoms. The Labute approximate surface area is 101 Å². The van der Waals surface area contributed by atoms with Gasteiger partial charge >= 0.3 is 0 Å². The number of carbonyl (C=O) groups excluding carboxylic acids is 1. The quantitative estimate of drug-likeness (QED) is 0.819. The molecular weight excluding hydrogens is 216 g/mol. The van der Waals surface area contributed by atoms with Crippen molar-refractivity contribution in [1.29, 1.82) is 0 Å². The fourth-order valence-electron chi connectivity index (χ4n) is 2.19. The van der Waals surface area contributed by atoms with Crippen molar-refractivity contribution in [2.24, 2.45) is 0 Å². The van der Waals surface area contributed by atoms with E-state index in [1.54, 1.807) is 4.90 Å². The number of aliphatic hydroxyl groups excluding tert-OH is 1. The van der Waals surface area contributed by atoms with Crippen LogP contribution in [0.4, 0.5) is 5.69 Å². The predicted octanol–water partition coefficient (Wildman–Crippen LogP) is 1.08. The van der Waals surface area contributed by atoms with Crippen molar-refractivity contribution in [3.05, 3.63) is 30.3 Å². The minimum atomic E-state index is 0.0140. The molecule has 1 aliphatic heterocycles. The van der Waals surface area contributed by atoms with Gasteiger partial charge in [-0.25, -0.2) is 0 Å². The summed E-state index contributed by atoms with van der Waals surface area (Å²) in [6.07, 6.45) is 1.90. The van der Waals surface area contributed by atoms with Crippen molar-refractivity contribution in [2.75, 3.05) is 25.0 Å². The highest BCUT2D eigenvalue weighted by Crippen LogP contribution is 2.16. The lowest BCUT2D eigenvalue weighted by Gasteiger charge is -2.23. The van der Waals surface area contributed by atoms with Crippen LogP contribution in [0.25, 0.3) is 0 Å². The molecule has 1 amide bonds. The van der Waals surface area contributed by atoms with Crippen LogP contribution in [0.5, 0.6) is 0 Å². The van der Waals surface area contributed by atoms with Crippen molar-refractivity contribution >= 4 is 11.6 Å². The lowest BCUT2D eigenvalue weighted by molar-refractivity contribution is -0.130. The van der Waals surface area contributed by atoms with Crippen molar-refractivity contribution in [2.45, 2.75) is 18.9 Å². The maximum Gasteiger partial charge on any atom is 0.242 e. The molecule has 2 rings (SSSR count). The van der Waals surface area contributed by atoms with Gasteiger partial charge in [0.2, 0.25) is 5.91 Å². The summed E-state index contributed by atoms with van der Waals surface area (Å²) in [5.74, 6) is 0.0606. The van der Waals surface area contributed by atoms with Gasteiger partial charge in [0, 0.05) is 12.2 Å². The summed E-state index contributed by atoms with van der Waals surface area (Å²) in [5.41, 5.74) is 0.945. The Morgan fingerprint density at radius 3 is 2.88 bits per heavy atom. The number of aliphatic hydroxyl groups is 1. The van der Waals surface area contributed by atoms with Gasteiger partial charge in [0.25, 0.3) is 0 Å². The van der Waals surface area contributed by atoms with Gasteiger partial charge in [-0.2, -0.15) is 0 Å². The average Bonchev–Trinajstić information content (AvgIpc) is 2.85. The molecule has 0 aromatic heterocycles. The van der Waals surface area contributed by atoms with Crippen molar-refractivity contribution in [3.8, 4) is 0 Å². The molecule has 0 radical (unpaired) electrons. The summed E-state index contributed by atoms with van der Waals surface area (Å²) in [7, 11) is 0. The van der Waals surface area contributed by atoms with Crippen molar-refractivity contribution in [1.82, 2.24) is 4.90 Å². The topological polar surface area (TPSA) is 52.6 Å². The molecule has 1 aromatic rings. The molecule has 0 bridgehead atoms. The zero-order valence-corrected chi connectivity index (χ0v) is 9.80. The highest BCUT2D eigenvalue weighted by molar-refractivity contribution is 5.81. The number of hydrogen-bond donors (Lipinski definition) is 2. The van der Waals surface area contributed by atoms with Crippen LogP contribution in [0.2, 0.25) is 0 Å². The minimum absolute atomic E-state index is 0.0140. The second-order valence-corrected chi connectivity index (χ2v) is 4.29. The molecule has 1 aliphatic rings. The monoisotopic (exact) mass is 234 g/mol. The largest absolute Gasteiger partial charge is 0.394 e. The maximum atomic E-state index is 11.9. The number of likely N-dealkylation sites (tertiary alicyclic amines) is 1. The predicted molar refractivity (Wildman–Crippen MR) is 66.8 cm³/mol. The number of amides is 1. The number of carbonyl (C=O) groups is 1. The Hall–Kier alpha value is -1.55. The molecule has 4 nitrogen and oxygen atoms in total. The van der Waals surface area contributed by atoms with Gasteiger partial charge in [0.15, 0.2) is 0 Å². The Kier molecular flexibility index (Phi) is 3.98. The lowest BCUT2D eigenvalue weighted by Crippen LogP contribution is -2.40. The van der Waals surface area contributed by atoms with Gasteiger partial charge in [-0.05, 0) is 25.0 Å². The summed E-state index contributed by atoms with van der Waals surface area (Å²) in [5, 5.41) is 12.2. The molecule has 4 heteroatoms. The first-order valence-corrected chi connectivity index (χ1v) is 6.00. The summed E-state index contributed by atoms with van der Waals surface area (Å²) >= 11 is 0. The fourth-order valence-corrected chi connectivity index (χ4v) is 2.19. The molecule has 92 valence electrons. The molecule has 0 aliphatic carbocycles. The molecule has 0 saturated carbocycles. The van der Waals surface area contributed by atoms with Crippen LogP contribution in [0, 0.1) is 0 Å². The Morgan fingerprint density at radius 2 is 2.18 bits per heavy atom.